The number of nitrogens with zero attached hydrogens (tertiary/aromatic N) is 1. The van der Waals surface area contributed by atoms with Crippen LogP contribution in [0, 0.1) is 5.41 Å². The number of nitrogens with one attached hydrogen (secondary N) is 2. The van der Waals surface area contributed by atoms with E-state index in [9.17, 15) is 0 Å². The van der Waals surface area contributed by atoms with E-state index in [1.165, 1.54) is 6.21 Å². The zero-order valence-electron chi connectivity index (χ0n) is 9.50. The van der Waals surface area contributed by atoms with Gasteiger partial charge in [-0.15, -0.1) is 11.6 Å². The molecule has 0 bridgehead atoms. The molecular formula is C12H16ClN3. The van der Waals surface area contributed by atoms with Crippen LogP contribution in [0.4, 0.5) is 0 Å². The Bertz CT molecular complexity index is 386. The summed E-state index contributed by atoms with van der Waals surface area (Å²) >= 11 is 5.86. The number of pyridine rings is 1. The van der Waals surface area contributed by atoms with Crippen LogP contribution in [-0.2, 0) is 5.88 Å². The molecule has 0 radical (unpaired) electrons. The van der Waals surface area contributed by atoms with Crippen molar-refractivity contribution in [2.45, 2.75) is 25.8 Å². The molecule has 4 heteroatoms. The van der Waals surface area contributed by atoms with E-state index in [-0.39, 0.29) is 6.04 Å². The maximum atomic E-state index is 7.15. The van der Waals surface area contributed by atoms with E-state index in [0.717, 1.165) is 17.0 Å². The van der Waals surface area contributed by atoms with Gasteiger partial charge in [-0.2, -0.15) is 0 Å². The molecule has 0 fully saturated rings. The maximum Gasteiger partial charge on any atom is 0.0905 e. The van der Waals surface area contributed by atoms with Crippen LogP contribution in [0.2, 0.25) is 0 Å². The minimum absolute atomic E-state index is 0.288. The summed E-state index contributed by atoms with van der Waals surface area (Å²) in [6, 6.07) is 4.09. The van der Waals surface area contributed by atoms with Crippen LogP contribution < -0.4 is 5.32 Å². The van der Waals surface area contributed by atoms with Crippen molar-refractivity contribution in [3.8, 4) is 0 Å². The standard InChI is InChI=1S/C12H16ClN3/c1-9(2)16-11(5-6-14)12-10(8-13)4-3-7-15-12/h3-7,9,14,16H,8H2,1-2H3/b11-5-,14-6?. The van der Waals surface area contributed by atoms with Gasteiger partial charge in [-0.05, 0) is 31.6 Å². The topological polar surface area (TPSA) is 48.8 Å². The first-order valence-electron chi connectivity index (χ1n) is 5.16. The summed E-state index contributed by atoms with van der Waals surface area (Å²) in [7, 11) is 0. The monoisotopic (exact) mass is 237 g/mol. The third-order valence-electron chi connectivity index (χ3n) is 1.98. The molecule has 2 N–H and O–H groups in total. The van der Waals surface area contributed by atoms with Crippen molar-refractivity contribution in [3.05, 3.63) is 35.7 Å². The van der Waals surface area contributed by atoms with Crippen LogP contribution in [0.3, 0.4) is 0 Å². The zero-order chi connectivity index (χ0) is 12.0. The highest BCUT2D eigenvalue weighted by Gasteiger charge is 2.08. The molecule has 1 heterocycles. The summed E-state index contributed by atoms with van der Waals surface area (Å²) < 4.78 is 0. The average Bonchev–Trinajstić information content (AvgIpc) is 2.28. The Kier molecular flexibility index (Phi) is 4.99. The fourth-order valence-corrected chi connectivity index (χ4v) is 1.59. The number of aromatic nitrogens is 1. The Morgan fingerprint density at radius 2 is 2.38 bits per heavy atom. The van der Waals surface area contributed by atoms with Crippen molar-refractivity contribution in [2.75, 3.05) is 0 Å². The average molecular weight is 238 g/mol. The lowest BCUT2D eigenvalue weighted by molar-refractivity contribution is 0.714. The van der Waals surface area contributed by atoms with Gasteiger partial charge >= 0.3 is 0 Å². The van der Waals surface area contributed by atoms with Gasteiger partial charge < -0.3 is 10.7 Å². The van der Waals surface area contributed by atoms with Gasteiger partial charge in [-0.1, -0.05) is 6.07 Å². The first-order valence-corrected chi connectivity index (χ1v) is 5.70. The number of hydrogen-bond donors (Lipinski definition) is 2. The zero-order valence-corrected chi connectivity index (χ0v) is 10.3. The molecule has 3 nitrogen and oxygen atoms in total. The Balaban J connectivity index is 3.10. The van der Waals surface area contributed by atoms with Crippen LogP contribution in [0.1, 0.15) is 25.1 Å². The van der Waals surface area contributed by atoms with Crippen molar-refractivity contribution in [3.63, 3.8) is 0 Å². The summed E-state index contributed by atoms with van der Waals surface area (Å²) in [5, 5.41) is 10.4. The van der Waals surface area contributed by atoms with Crippen LogP contribution >= 0.6 is 11.6 Å². The fraction of sp³-hybridized carbons (Fsp3) is 0.333. The van der Waals surface area contributed by atoms with E-state index in [4.69, 9.17) is 17.0 Å². The fourth-order valence-electron chi connectivity index (χ4n) is 1.38. The smallest absolute Gasteiger partial charge is 0.0905 e. The van der Waals surface area contributed by atoms with Crippen molar-refractivity contribution in [1.82, 2.24) is 10.3 Å². The number of rotatable bonds is 5. The van der Waals surface area contributed by atoms with Crippen molar-refractivity contribution < 1.29 is 0 Å². The molecule has 1 rings (SSSR count). The number of alkyl halides is 1. The van der Waals surface area contributed by atoms with E-state index < -0.39 is 0 Å². The second-order valence-corrected chi connectivity index (χ2v) is 3.96. The first-order chi connectivity index (χ1) is 7.69. The quantitative estimate of drug-likeness (QED) is 0.611. The van der Waals surface area contributed by atoms with E-state index >= 15 is 0 Å². The lowest BCUT2D eigenvalue weighted by atomic mass is 10.1. The molecule has 0 saturated carbocycles. The van der Waals surface area contributed by atoms with Crippen molar-refractivity contribution >= 4 is 23.5 Å². The molecule has 0 spiro atoms. The predicted octanol–water partition coefficient (Wildman–Crippen LogP) is 2.81. The highest BCUT2D eigenvalue weighted by atomic mass is 35.5. The largest absolute Gasteiger partial charge is 0.381 e. The van der Waals surface area contributed by atoms with Crippen LogP contribution in [0.25, 0.3) is 5.70 Å². The molecule has 0 atom stereocenters. The normalized spacial score (nSPS) is 11.6. The molecule has 86 valence electrons. The van der Waals surface area contributed by atoms with Crippen molar-refractivity contribution in [2.24, 2.45) is 0 Å². The summed E-state index contributed by atoms with van der Waals surface area (Å²) in [6.45, 7) is 4.09. The third kappa shape index (κ3) is 3.35. The van der Waals surface area contributed by atoms with Gasteiger partial charge in [0.1, 0.15) is 0 Å². The highest BCUT2D eigenvalue weighted by molar-refractivity contribution is 6.17. The second-order valence-electron chi connectivity index (χ2n) is 3.69. The number of hydrogen-bond acceptors (Lipinski definition) is 3. The van der Waals surface area contributed by atoms with Gasteiger partial charge in [0.25, 0.3) is 0 Å². The minimum atomic E-state index is 0.288. The predicted molar refractivity (Wildman–Crippen MR) is 68.8 cm³/mol. The summed E-state index contributed by atoms with van der Waals surface area (Å²) in [5.74, 6) is 0.415. The van der Waals surface area contributed by atoms with E-state index in [1.54, 1.807) is 12.3 Å². The third-order valence-corrected chi connectivity index (χ3v) is 2.27. The summed E-state index contributed by atoms with van der Waals surface area (Å²) in [6.07, 6.45) is 4.67. The lowest BCUT2D eigenvalue weighted by Crippen LogP contribution is -2.22. The summed E-state index contributed by atoms with van der Waals surface area (Å²) in [5.41, 5.74) is 2.61. The van der Waals surface area contributed by atoms with Gasteiger partial charge in [0.2, 0.25) is 0 Å². The van der Waals surface area contributed by atoms with E-state index in [1.807, 2.05) is 26.0 Å². The van der Waals surface area contributed by atoms with E-state index in [2.05, 4.69) is 10.3 Å². The molecule has 16 heavy (non-hydrogen) atoms. The summed E-state index contributed by atoms with van der Waals surface area (Å²) in [4.78, 5) is 4.30. The van der Waals surface area contributed by atoms with Gasteiger partial charge in [-0.3, -0.25) is 4.98 Å². The Morgan fingerprint density at radius 3 is 2.94 bits per heavy atom. The molecule has 0 aliphatic rings. The Morgan fingerprint density at radius 1 is 1.62 bits per heavy atom. The molecule has 0 amide bonds. The molecular weight excluding hydrogens is 222 g/mol. The van der Waals surface area contributed by atoms with Crippen LogP contribution in [0.15, 0.2) is 24.4 Å². The van der Waals surface area contributed by atoms with Gasteiger partial charge in [0.15, 0.2) is 0 Å². The molecule has 0 unspecified atom stereocenters. The van der Waals surface area contributed by atoms with Crippen LogP contribution in [0.5, 0.6) is 0 Å². The Hall–Kier alpha value is -1.35. The highest BCUT2D eigenvalue weighted by Crippen LogP contribution is 2.16. The molecule has 1 aromatic heterocycles. The SMILES string of the molecule is CC(C)N/C(=C\C=N)c1ncccc1CCl. The lowest BCUT2D eigenvalue weighted by Gasteiger charge is -2.15. The van der Waals surface area contributed by atoms with Gasteiger partial charge in [-0.25, -0.2) is 0 Å². The molecule has 0 aliphatic carbocycles. The minimum Gasteiger partial charge on any atom is -0.381 e. The molecule has 0 aromatic carbocycles. The van der Waals surface area contributed by atoms with Gasteiger partial charge in [0, 0.05) is 24.3 Å². The number of allylic oxidation sites excluding steroid dienone is 1. The molecule has 1 aromatic rings. The molecule has 0 aliphatic heterocycles. The maximum absolute atomic E-state index is 7.15. The number of halogens is 1. The Labute approximate surface area is 101 Å². The first kappa shape index (κ1) is 12.7. The second kappa shape index (κ2) is 6.28. The van der Waals surface area contributed by atoms with Crippen LogP contribution in [-0.4, -0.2) is 17.2 Å². The van der Waals surface area contributed by atoms with E-state index in [0.29, 0.717) is 5.88 Å². The van der Waals surface area contributed by atoms with Crippen molar-refractivity contribution in [1.29, 1.82) is 5.41 Å². The molecule has 0 saturated heterocycles. The van der Waals surface area contributed by atoms with Gasteiger partial charge in [0.05, 0.1) is 11.4 Å².